The average Bonchev–Trinajstić information content (AvgIpc) is 2.90. The van der Waals surface area contributed by atoms with E-state index in [0.29, 0.717) is 5.82 Å². The van der Waals surface area contributed by atoms with Gasteiger partial charge in [-0.05, 0) is 38.7 Å². The smallest absolute Gasteiger partial charge is 0.145 e. The van der Waals surface area contributed by atoms with Crippen LogP contribution in [0, 0.1) is 6.92 Å². The van der Waals surface area contributed by atoms with Crippen LogP contribution < -0.4 is 5.73 Å². The molecular formula is C13H19N5. The lowest BCUT2D eigenvalue weighted by Crippen LogP contribution is -2.14. The number of aryl methyl sites for hydroxylation is 3. The highest BCUT2D eigenvalue weighted by atomic mass is 15.3. The van der Waals surface area contributed by atoms with E-state index in [0.717, 1.165) is 31.8 Å². The fraction of sp³-hybridized carbons (Fsp3) is 0.538. The maximum absolute atomic E-state index is 5.62. The lowest BCUT2D eigenvalue weighted by molar-refractivity contribution is 0.507. The summed E-state index contributed by atoms with van der Waals surface area (Å²) in [5.74, 6) is 1.71. The Morgan fingerprint density at radius 2 is 2.11 bits per heavy atom. The topological polar surface area (TPSA) is 61.7 Å². The van der Waals surface area contributed by atoms with Gasteiger partial charge in [0.1, 0.15) is 11.6 Å². The summed E-state index contributed by atoms with van der Waals surface area (Å²) < 4.78 is 4.23. The van der Waals surface area contributed by atoms with Crippen LogP contribution in [0.2, 0.25) is 0 Å². The van der Waals surface area contributed by atoms with Gasteiger partial charge in [-0.2, -0.15) is 5.10 Å². The van der Waals surface area contributed by atoms with Crippen molar-refractivity contribution in [1.29, 1.82) is 0 Å². The largest absolute Gasteiger partial charge is 0.382 e. The van der Waals surface area contributed by atoms with Crippen LogP contribution in [0.3, 0.4) is 0 Å². The summed E-state index contributed by atoms with van der Waals surface area (Å²) in [6.45, 7) is 3.87. The second-order valence-corrected chi connectivity index (χ2v) is 4.91. The van der Waals surface area contributed by atoms with Gasteiger partial charge in [0, 0.05) is 18.4 Å². The molecule has 0 atom stereocenters. The lowest BCUT2D eigenvalue weighted by atomic mass is 10.0. The number of hydrogen-bond acceptors (Lipinski definition) is 3. The number of anilines is 1. The molecule has 2 aromatic rings. The second kappa shape index (κ2) is 4.48. The van der Waals surface area contributed by atoms with Crippen LogP contribution in [0.15, 0.2) is 12.3 Å². The quantitative estimate of drug-likeness (QED) is 0.892. The van der Waals surface area contributed by atoms with Crippen molar-refractivity contribution in [3.8, 4) is 0 Å². The minimum atomic E-state index is 0.583. The molecule has 96 valence electrons. The fourth-order valence-corrected chi connectivity index (χ4v) is 2.74. The maximum atomic E-state index is 5.62. The van der Waals surface area contributed by atoms with Crippen molar-refractivity contribution in [1.82, 2.24) is 19.3 Å². The molecule has 0 saturated heterocycles. The predicted octanol–water partition coefficient (Wildman–Crippen LogP) is 1.55. The number of rotatable bonds is 3. The first-order chi connectivity index (χ1) is 8.74. The van der Waals surface area contributed by atoms with E-state index in [9.17, 15) is 0 Å². The van der Waals surface area contributed by atoms with Crippen LogP contribution in [-0.4, -0.2) is 19.3 Å². The molecule has 2 heterocycles. The Morgan fingerprint density at radius 3 is 2.89 bits per heavy atom. The lowest BCUT2D eigenvalue weighted by Gasteiger charge is -2.14. The highest BCUT2D eigenvalue weighted by Gasteiger charge is 2.17. The van der Waals surface area contributed by atoms with Gasteiger partial charge in [-0.1, -0.05) is 0 Å². The summed E-state index contributed by atoms with van der Waals surface area (Å²) in [4.78, 5) is 4.68. The van der Waals surface area contributed by atoms with Gasteiger partial charge >= 0.3 is 0 Å². The molecule has 1 aliphatic carbocycles. The molecule has 0 fully saturated rings. The molecule has 18 heavy (non-hydrogen) atoms. The number of nitrogens with two attached hydrogens (primary N) is 1. The van der Waals surface area contributed by atoms with Crippen LogP contribution in [-0.2, 0) is 25.9 Å². The Labute approximate surface area is 107 Å². The fourth-order valence-electron chi connectivity index (χ4n) is 2.74. The third-order valence-electron chi connectivity index (χ3n) is 3.64. The molecular weight excluding hydrogens is 226 g/mol. The Kier molecular flexibility index (Phi) is 2.81. The zero-order valence-electron chi connectivity index (χ0n) is 10.8. The van der Waals surface area contributed by atoms with Gasteiger partial charge in [0.25, 0.3) is 0 Å². The van der Waals surface area contributed by atoms with E-state index in [1.807, 2.05) is 16.9 Å². The number of nitrogen functional groups attached to an aromatic ring is 1. The monoisotopic (exact) mass is 245 g/mol. The number of aromatic nitrogens is 4. The maximum Gasteiger partial charge on any atom is 0.145 e. The Morgan fingerprint density at radius 1 is 1.28 bits per heavy atom. The molecule has 2 aromatic heterocycles. The molecule has 5 heteroatoms. The van der Waals surface area contributed by atoms with E-state index in [1.165, 1.54) is 24.2 Å². The highest BCUT2D eigenvalue weighted by molar-refractivity contribution is 5.23. The van der Waals surface area contributed by atoms with Gasteiger partial charge in [0.05, 0.1) is 12.2 Å². The number of hydrogen-bond donors (Lipinski definition) is 1. The van der Waals surface area contributed by atoms with Crippen molar-refractivity contribution in [3.05, 3.63) is 29.5 Å². The summed E-state index contributed by atoms with van der Waals surface area (Å²) in [6, 6.07) is 1.83. The normalized spacial score (nSPS) is 14.7. The Hall–Kier alpha value is -1.78. The number of nitrogens with zero attached hydrogens (tertiary/aromatic N) is 4. The van der Waals surface area contributed by atoms with Gasteiger partial charge in [-0.15, -0.1) is 0 Å². The molecule has 0 unspecified atom stereocenters. The van der Waals surface area contributed by atoms with Crippen LogP contribution in [0.25, 0.3) is 0 Å². The Bertz CT molecular complexity index is 552. The van der Waals surface area contributed by atoms with E-state index in [2.05, 4.69) is 21.6 Å². The minimum Gasteiger partial charge on any atom is -0.382 e. The molecule has 5 nitrogen and oxygen atoms in total. The highest BCUT2D eigenvalue weighted by Crippen LogP contribution is 2.22. The van der Waals surface area contributed by atoms with Gasteiger partial charge in [-0.25, -0.2) is 4.98 Å². The van der Waals surface area contributed by atoms with Crippen molar-refractivity contribution < 1.29 is 0 Å². The van der Waals surface area contributed by atoms with Crippen molar-refractivity contribution in [2.75, 3.05) is 5.73 Å². The first-order valence-corrected chi connectivity index (χ1v) is 6.58. The third kappa shape index (κ3) is 2.00. The average molecular weight is 245 g/mol. The van der Waals surface area contributed by atoms with Gasteiger partial charge in [0.15, 0.2) is 0 Å². The Balaban J connectivity index is 1.78. The van der Waals surface area contributed by atoms with Gasteiger partial charge < -0.3 is 10.3 Å². The van der Waals surface area contributed by atoms with Crippen molar-refractivity contribution in [3.63, 3.8) is 0 Å². The van der Waals surface area contributed by atoms with Gasteiger partial charge in [0.2, 0.25) is 0 Å². The molecule has 0 aromatic carbocycles. The summed E-state index contributed by atoms with van der Waals surface area (Å²) in [6.07, 6.45) is 6.79. The SMILES string of the molecule is Cc1nc2c(n1CCn1ccc(N)n1)CCCC2. The summed E-state index contributed by atoms with van der Waals surface area (Å²) >= 11 is 0. The van der Waals surface area contributed by atoms with E-state index < -0.39 is 0 Å². The zero-order valence-corrected chi connectivity index (χ0v) is 10.8. The molecule has 3 rings (SSSR count). The molecule has 0 saturated carbocycles. The van der Waals surface area contributed by atoms with Crippen LogP contribution in [0.1, 0.15) is 30.1 Å². The summed E-state index contributed by atoms with van der Waals surface area (Å²) in [7, 11) is 0. The van der Waals surface area contributed by atoms with Crippen LogP contribution >= 0.6 is 0 Å². The summed E-state index contributed by atoms with van der Waals surface area (Å²) in [5, 5.41) is 4.21. The van der Waals surface area contributed by atoms with E-state index in [4.69, 9.17) is 5.73 Å². The predicted molar refractivity (Wildman–Crippen MR) is 70.2 cm³/mol. The first kappa shape index (κ1) is 11.3. The molecule has 0 spiro atoms. The van der Waals surface area contributed by atoms with Crippen molar-refractivity contribution in [2.24, 2.45) is 0 Å². The molecule has 0 radical (unpaired) electrons. The van der Waals surface area contributed by atoms with Crippen molar-refractivity contribution in [2.45, 2.75) is 45.7 Å². The molecule has 0 amide bonds. The van der Waals surface area contributed by atoms with Crippen LogP contribution in [0.4, 0.5) is 5.82 Å². The molecule has 0 bridgehead atoms. The number of imidazole rings is 1. The zero-order chi connectivity index (χ0) is 12.5. The molecule has 1 aliphatic rings. The van der Waals surface area contributed by atoms with E-state index >= 15 is 0 Å². The van der Waals surface area contributed by atoms with Crippen molar-refractivity contribution >= 4 is 5.82 Å². The minimum absolute atomic E-state index is 0.583. The standard InChI is InChI=1S/C13H19N5/c1-10-15-11-4-2-3-5-12(11)18(10)9-8-17-7-6-13(14)16-17/h6-7H,2-5,8-9H2,1H3,(H2,14,16). The second-order valence-electron chi connectivity index (χ2n) is 4.91. The molecule has 0 aliphatic heterocycles. The molecule has 2 N–H and O–H groups in total. The number of fused-ring (bicyclic) bond motifs is 1. The van der Waals surface area contributed by atoms with Gasteiger partial charge in [-0.3, -0.25) is 4.68 Å². The van der Waals surface area contributed by atoms with E-state index in [1.54, 1.807) is 0 Å². The van der Waals surface area contributed by atoms with Crippen LogP contribution in [0.5, 0.6) is 0 Å². The first-order valence-electron chi connectivity index (χ1n) is 6.58. The van der Waals surface area contributed by atoms with E-state index in [-0.39, 0.29) is 0 Å². The summed E-state index contributed by atoms with van der Waals surface area (Å²) in [5.41, 5.74) is 8.35. The third-order valence-corrected chi connectivity index (χ3v) is 3.64.